The molecule has 0 unspecified atom stereocenters. The van der Waals surface area contributed by atoms with Crippen molar-refractivity contribution in [2.45, 2.75) is 13.8 Å². The molecule has 0 atom stereocenters. The minimum Gasteiger partial charge on any atom is -0.465 e. The van der Waals surface area contributed by atoms with Gasteiger partial charge in [-0.25, -0.2) is 4.79 Å². The zero-order valence-corrected chi connectivity index (χ0v) is 10.6. The maximum atomic E-state index is 11.6. The van der Waals surface area contributed by atoms with E-state index in [4.69, 9.17) is 16.3 Å². The minimum atomic E-state index is -0.455. The van der Waals surface area contributed by atoms with E-state index in [9.17, 15) is 4.79 Å². The van der Waals surface area contributed by atoms with Crippen molar-refractivity contribution < 1.29 is 9.53 Å². The van der Waals surface area contributed by atoms with Crippen LogP contribution in [0.5, 0.6) is 0 Å². The molecule has 0 aliphatic rings. The highest BCUT2D eigenvalue weighted by atomic mass is 35.5. The Bertz CT molecular complexity index is 608. The summed E-state index contributed by atoms with van der Waals surface area (Å²) in [5, 5.41) is 1.18. The summed E-state index contributed by atoms with van der Waals surface area (Å²) in [4.78, 5) is 16.0. The highest BCUT2D eigenvalue weighted by molar-refractivity contribution is 6.38. The largest absolute Gasteiger partial charge is 0.465 e. The molecule has 1 aromatic heterocycles. The maximum absolute atomic E-state index is 11.6. The summed E-state index contributed by atoms with van der Waals surface area (Å²) >= 11 is 6.25. The van der Waals surface area contributed by atoms with Crippen LogP contribution in [0, 0.1) is 13.8 Å². The van der Waals surface area contributed by atoms with Gasteiger partial charge in [0, 0.05) is 5.39 Å². The number of rotatable bonds is 1. The van der Waals surface area contributed by atoms with E-state index < -0.39 is 5.97 Å². The van der Waals surface area contributed by atoms with E-state index in [-0.39, 0.29) is 0 Å². The standard InChI is InChI=1S/C13H12ClNO2/c1-7-4-5-10-9(6-7)12(14)11(8(2)15-10)13(16)17-3/h4-6H,1-3H3. The van der Waals surface area contributed by atoms with Crippen molar-refractivity contribution in [1.29, 1.82) is 0 Å². The fourth-order valence-electron chi connectivity index (χ4n) is 1.79. The van der Waals surface area contributed by atoms with Gasteiger partial charge in [-0.2, -0.15) is 0 Å². The van der Waals surface area contributed by atoms with Gasteiger partial charge in [0.05, 0.1) is 23.3 Å². The lowest BCUT2D eigenvalue weighted by molar-refractivity contribution is 0.0600. The summed E-state index contributed by atoms with van der Waals surface area (Å²) in [7, 11) is 1.33. The molecule has 0 spiro atoms. The Labute approximate surface area is 104 Å². The van der Waals surface area contributed by atoms with Crippen LogP contribution in [0.3, 0.4) is 0 Å². The molecule has 0 aliphatic carbocycles. The molecule has 0 bridgehead atoms. The zero-order chi connectivity index (χ0) is 12.6. The first kappa shape index (κ1) is 11.9. The maximum Gasteiger partial charge on any atom is 0.341 e. The third-order valence-electron chi connectivity index (χ3n) is 2.65. The van der Waals surface area contributed by atoms with Crippen molar-refractivity contribution in [1.82, 2.24) is 4.98 Å². The number of nitrogens with zero attached hydrogens (tertiary/aromatic N) is 1. The molecule has 0 saturated heterocycles. The van der Waals surface area contributed by atoms with E-state index in [2.05, 4.69) is 4.98 Å². The molecule has 0 saturated carbocycles. The summed E-state index contributed by atoms with van der Waals surface area (Å²) in [5.41, 5.74) is 2.78. The van der Waals surface area contributed by atoms with Gasteiger partial charge < -0.3 is 4.74 Å². The minimum absolute atomic E-state index is 0.340. The number of carbonyl (C=O) groups is 1. The lowest BCUT2D eigenvalue weighted by Crippen LogP contribution is -2.07. The lowest BCUT2D eigenvalue weighted by atomic mass is 10.1. The molecule has 1 heterocycles. The van der Waals surface area contributed by atoms with Gasteiger partial charge in [-0.1, -0.05) is 23.2 Å². The van der Waals surface area contributed by atoms with Crippen LogP contribution in [0.4, 0.5) is 0 Å². The van der Waals surface area contributed by atoms with Crippen LogP contribution in [0.15, 0.2) is 18.2 Å². The second kappa shape index (κ2) is 4.34. The second-order valence-electron chi connectivity index (χ2n) is 3.90. The van der Waals surface area contributed by atoms with Crippen molar-refractivity contribution >= 4 is 28.5 Å². The fourth-order valence-corrected chi connectivity index (χ4v) is 2.16. The number of fused-ring (bicyclic) bond motifs is 1. The van der Waals surface area contributed by atoms with Crippen molar-refractivity contribution in [3.05, 3.63) is 40.0 Å². The van der Waals surface area contributed by atoms with Crippen LogP contribution in [0.2, 0.25) is 5.02 Å². The number of benzene rings is 1. The van der Waals surface area contributed by atoms with Crippen molar-refractivity contribution in [3.63, 3.8) is 0 Å². The SMILES string of the molecule is COC(=O)c1c(C)nc2ccc(C)cc2c1Cl. The Morgan fingerprint density at radius 3 is 2.71 bits per heavy atom. The number of aryl methyl sites for hydroxylation is 2. The Morgan fingerprint density at radius 2 is 2.06 bits per heavy atom. The molecule has 4 heteroatoms. The first-order valence-electron chi connectivity index (χ1n) is 5.19. The molecule has 1 aromatic carbocycles. The number of ether oxygens (including phenoxy) is 1. The molecule has 2 rings (SSSR count). The molecule has 88 valence electrons. The molecule has 0 N–H and O–H groups in total. The summed E-state index contributed by atoms with van der Waals surface area (Å²) in [5.74, 6) is -0.455. The summed E-state index contributed by atoms with van der Waals surface area (Å²) in [6.45, 7) is 3.71. The van der Waals surface area contributed by atoms with Gasteiger partial charge in [0.1, 0.15) is 5.56 Å². The monoisotopic (exact) mass is 249 g/mol. The van der Waals surface area contributed by atoms with E-state index in [1.54, 1.807) is 6.92 Å². The fraction of sp³-hybridized carbons (Fsp3) is 0.231. The van der Waals surface area contributed by atoms with Crippen LogP contribution in [-0.4, -0.2) is 18.1 Å². The van der Waals surface area contributed by atoms with Crippen LogP contribution >= 0.6 is 11.6 Å². The van der Waals surface area contributed by atoms with Gasteiger partial charge in [0.2, 0.25) is 0 Å². The zero-order valence-electron chi connectivity index (χ0n) is 9.87. The molecule has 3 nitrogen and oxygen atoms in total. The highest BCUT2D eigenvalue weighted by Gasteiger charge is 2.18. The molecule has 0 radical (unpaired) electrons. The third kappa shape index (κ3) is 1.98. The third-order valence-corrected chi connectivity index (χ3v) is 3.04. The van der Waals surface area contributed by atoms with Gasteiger partial charge in [-0.15, -0.1) is 0 Å². The van der Waals surface area contributed by atoms with Crippen LogP contribution < -0.4 is 0 Å². The molecular formula is C13H12ClNO2. The van der Waals surface area contributed by atoms with Gasteiger partial charge in [0.25, 0.3) is 0 Å². The van der Waals surface area contributed by atoms with Crippen LogP contribution in [0.25, 0.3) is 10.9 Å². The number of methoxy groups -OCH3 is 1. The molecule has 17 heavy (non-hydrogen) atoms. The predicted octanol–water partition coefficient (Wildman–Crippen LogP) is 3.29. The van der Waals surface area contributed by atoms with E-state index in [0.29, 0.717) is 16.3 Å². The van der Waals surface area contributed by atoms with Crippen molar-refractivity contribution in [2.75, 3.05) is 7.11 Å². The van der Waals surface area contributed by atoms with E-state index in [1.165, 1.54) is 7.11 Å². The van der Waals surface area contributed by atoms with Crippen molar-refractivity contribution in [2.24, 2.45) is 0 Å². The summed E-state index contributed by atoms with van der Waals surface area (Å²) in [6, 6.07) is 5.77. The Hall–Kier alpha value is -1.61. The molecule has 0 amide bonds. The Morgan fingerprint density at radius 1 is 1.35 bits per heavy atom. The first-order chi connectivity index (χ1) is 8.04. The number of hydrogen-bond donors (Lipinski definition) is 0. The van der Waals surface area contributed by atoms with Crippen molar-refractivity contribution in [3.8, 4) is 0 Å². The van der Waals surface area contributed by atoms with E-state index in [1.807, 2.05) is 25.1 Å². The topological polar surface area (TPSA) is 39.2 Å². The molecule has 0 aliphatic heterocycles. The summed E-state index contributed by atoms with van der Waals surface area (Å²) in [6.07, 6.45) is 0. The first-order valence-corrected chi connectivity index (χ1v) is 5.57. The van der Waals surface area contributed by atoms with Crippen LogP contribution in [0.1, 0.15) is 21.6 Å². The van der Waals surface area contributed by atoms with Gasteiger partial charge in [-0.05, 0) is 26.0 Å². The van der Waals surface area contributed by atoms with E-state index in [0.717, 1.165) is 16.5 Å². The number of halogens is 1. The number of carbonyl (C=O) groups excluding carboxylic acids is 1. The average Bonchev–Trinajstić information content (AvgIpc) is 2.30. The molecule has 0 fully saturated rings. The van der Waals surface area contributed by atoms with Gasteiger partial charge >= 0.3 is 5.97 Å². The highest BCUT2D eigenvalue weighted by Crippen LogP contribution is 2.29. The van der Waals surface area contributed by atoms with Gasteiger partial charge in [0.15, 0.2) is 0 Å². The number of esters is 1. The summed E-state index contributed by atoms with van der Waals surface area (Å²) < 4.78 is 4.71. The molecule has 2 aromatic rings. The number of hydrogen-bond acceptors (Lipinski definition) is 3. The quantitative estimate of drug-likeness (QED) is 0.728. The normalized spacial score (nSPS) is 10.6. The lowest BCUT2D eigenvalue weighted by Gasteiger charge is -2.09. The second-order valence-corrected chi connectivity index (χ2v) is 4.28. The Kier molecular flexibility index (Phi) is 3.03. The predicted molar refractivity (Wildman–Crippen MR) is 67.6 cm³/mol. The van der Waals surface area contributed by atoms with Gasteiger partial charge in [-0.3, -0.25) is 4.98 Å². The smallest absolute Gasteiger partial charge is 0.341 e. The van der Waals surface area contributed by atoms with E-state index >= 15 is 0 Å². The number of pyridine rings is 1. The number of aromatic nitrogens is 1. The average molecular weight is 250 g/mol. The van der Waals surface area contributed by atoms with Crippen LogP contribution in [-0.2, 0) is 4.74 Å². The molecular weight excluding hydrogens is 238 g/mol. The Balaban J connectivity index is 2.82.